The zero-order valence-corrected chi connectivity index (χ0v) is 12.1. The van der Waals surface area contributed by atoms with E-state index in [0.29, 0.717) is 9.85 Å². The fourth-order valence-electron chi connectivity index (χ4n) is 2.12. The van der Waals surface area contributed by atoms with Gasteiger partial charge in [-0.2, -0.15) is 0 Å². The molecule has 1 aliphatic heterocycles. The Labute approximate surface area is 115 Å². The maximum Gasteiger partial charge on any atom is 0.124 e. The van der Waals surface area contributed by atoms with Crippen LogP contribution in [0, 0.1) is 11.7 Å². The lowest BCUT2D eigenvalue weighted by Gasteiger charge is -2.34. The zero-order chi connectivity index (χ0) is 12.4. The predicted molar refractivity (Wildman–Crippen MR) is 73.2 cm³/mol. The average molecular weight is 321 g/mol. The van der Waals surface area contributed by atoms with Crippen LogP contribution in [0.3, 0.4) is 0 Å². The standard InChI is InChI=1S/C13H16BrClFN/c1-9-4-5-17(8-12(9)14)7-10-2-3-11(16)6-13(10)15/h2-3,6,9,12H,4-5,7-8H2,1H3. The van der Waals surface area contributed by atoms with E-state index in [0.717, 1.165) is 31.1 Å². The first-order valence-electron chi connectivity index (χ1n) is 5.86. The molecule has 1 saturated heterocycles. The van der Waals surface area contributed by atoms with Crippen LogP contribution in [-0.2, 0) is 6.54 Å². The molecule has 1 heterocycles. The van der Waals surface area contributed by atoms with Gasteiger partial charge in [0.05, 0.1) is 0 Å². The summed E-state index contributed by atoms with van der Waals surface area (Å²) in [4.78, 5) is 2.90. The van der Waals surface area contributed by atoms with E-state index in [9.17, 15) is 4.39 Å². The Morgan fingerprint density at radius 3 is 2.94 bits per heavy atom. The lowest BCUT2D eigenvalue weighted by molar-refractivity contribution is 0.194. The average Bonchev–Trinajstić information content (AvgIpc) is 2.27. The Hall–Kier alpha value is -0.120. The van der Waals surface area contributed by atoms with Crippen molar-refractivity contribution in [3.63, 3.8) is 0 Å². The van der Waals surface area contributed by atoms with Crippen LogP contribution in [0.1, 0.15) is 18.9 Å². The summed E-state index contributed by atoms with van der Waals surface area (Å²) in [5.74, 6) is 0.444. The lowest BCUT2D eigenvalue weighted by atomic mass is 9.98. The number of piperidine rings is 1. The molecule has 2 unspecified atom stereocenters. The second kappa shape index (κ2) is 5.68. The van der Waals surface area contributed by atoms with Gasteiger partial charge in [-0.3, -0.25) is 4.90 Å². The van der Waals surface area contributed by atoms with Crippen LogP contribution in [-0.4, -0.2) is 22.8 Å². The molecule has 1 fully saturated rings. The highest BCUT2D eigenvalue weighted by Crippen LogP contribution is 2.26. The molecule has 0 aliphatic carbocycles. The summed E-state index contributed by atoms with van der Waals surface area (Å²) in [5, 5.41) is 0.523. The Morgan fingerprint density at radius 2 is 2.29 bits per heavy atom. The molecule has 4 heteroatoms. The van der Waals surface area contributed by atoms with Gasteiger partial charge in [-0.15, -0.1) is 0 Å². The van der Waals surface area contributed by atoms with Crippen molar-refractivity contribution in [1.29, 1.82) is 0 Å². The van der Waals surface area contributed by atoms with Crippen molar-refractivity contribution >= 4 is 27.5 Å². The third-order valence-electron chi connectivity index (χ3n) is 3.36. The van der Waals surface area contributed by atoms with E-state index in [1.807, 2.05) is 0 Å². The minimum Gasteiger partial charge on any atom is -0.298 e. The van der Waals surface area contributed by atoms with Crippen molar-refractivity contribution in [1.82, 2.24) is 4.90 Å². The van der Waals surface area contributed by atoms with E-state index in [2.05, 4.69) is 27.8 Å². The number of benzene rings is 1. The van der Waals surface area contributed by atoms with E-state index >= 15 is 0 Å². The van der Waals surface area contributed by atoms with E-state index in [1.165, 1.54) is 18.6 Å². The fourth-order valence-corrected chi connectivity index (χ4v) is 3.02. The Balaban J connectivity index is 2.01. The minimum absolute atomic E-state index is 0.274. The molecule has 2 rings (SSSR count). The zero-order valence-electron chi connectivity index (χ0n) is 9.80. The highest BCUT2D eigenvalue weighted by molar-refractivity contribution is 9.09. The number of likely N-dealkylation sites (tertiary alicyclic amines) is 1. The second-order valence-corrected chi connectivity index (χ2v) is 6.34. The number of alkyl halides is 1. The van der Waals surface area contributed by atoms with E-state index in [1.54, 1.807) is 6.07 Å². The third-order valence-corrected chi connectivity index (χ3v) is 4.90. The molecule has 1 aromatic carbocycles. The summed E-state index contributed by atoms with van der Waals surface area (Å²) in [6.45, 7) is 5.17. The van der Waals surface area contributed by atoms with Gasteiger partial charge in [0.2, 0.25) is 0 Å². The fraction of sp³-hybridized carbons (Fsp3) is 0.538. The molecular formula is C13H16BrClFN. The van der Waals surface area contributed by atoms with E-state index in [4.69, 9.17) is 11.6 Å². The molecular weight excluding hydrogens is 305 g/mol. The molecule has 1 nitrogen and oxygen atoms in total. The summed E-state index contributed by atoms with van der Waals surface area (Å²) in [6, 6.07) is 4.63. The largest absolute Gasteiger partial charge is 0.298 e. The summed E-state index contributed by atoms with van der Waals surface area (Å²) in [7, 11) is 0. The normalized spacial score (nSPS) is 26.1. The molecule has 94 valence electrons. The number of rotatable bonds is 2. The molecule has 0 amide bonds. The molecule has 0 N–H and O–H groups in total. The van der Waals surface area contributed by atoms with Gasteiger partial charge in [-0.05, 0) is 36.6 Å². The van der Waals surface area contributed by atoms with Crippen molar-refractivity contribution in [2.45, 2.75) is 24.7 Å². The van der Waals surface area contributed by atoms with Crippen LogP contribution in [0.4, 0.5) is 4.39 Å². The molecule has 0 saturated carbocycles. The number of hydrogen-bond acceptors (Lipinski definition) is 1. The first-order chi connectivity index (χ1) is 8.06. The summed E-state index contributed by atoms with van der Waals surface area (Å²) < 4.78 is 12.9. The van der Waals surface area contributed by atoms with Crippen LogP contribution in [0.2, 0.25) is 5.02 Å². The summed E-state index contributed by atoms with van der Waals surface area (Å²) >= 11 is 9.74. The van der Waals surface area contributed by atoms with Gasteiger partial charge in [0, 0.05) is 22.9 Å². The number of hydrogen-bond donors (Lipinski definition) is 0. The van der Waals surface area contributed by atoms with Crippen LogP contribution >= 0.6 is 27.5 Å². The summed E-state index contributed by atoms with van der Waals surface area (Å²) in [5.41, 5.74) is 1.00. The van der Waals surface area contributed by atoms with Crippen LogP contribution in [0.25, 0.3) is 0 Å². The van der Waals surface area contributed by atoms with Crippen LogP contribution in [0.15, 0.2) is 18.2 Å². The van der Waals surface area contributed by atoms with Gasteiger partial charge in [-0.1, -0.05) is 40.5 Å². The molecule has 0 bridgehead atoms. The van der Waals surface area contributed by atoms with Crippen LogP contribution < -0.4 is 0 Å². The van der Waals surface area contributed by atoms with Crippen molar-refractivity contribution in [2.75, 3.05) is 13.1 Å². The lowest BCUT2D eigenvalue weighted by Crippen LogP contribution is -2.39. The summed E-state index contributed by atoms with van der Waals surface area (Å²) in [6.07, 6.45) is 1.19. The number of nitrogens with zero attached hydrogens (tertiary/aromatic N) is 1. The predicted octanol–water partition coefficient (Wildman–Crippen LogP) is 4.08. The second-order valence-electron chi connectivity index (χ2n) is 4.75. The monoisotopic (exact) mass is 319 g/mol. The molecule has 0 radical (unpaired) electrons. The van der Waals surface area contributed by atoms with Gasteiger partial charge in [0.25, 0.3) is 0 Å². The minimum atomic E-state index is -0.274. The smallest absolute Gasteiger partial charge is 0.124 e. The third kappa shape index (κ3) is 3.43. The topological polar surface area (TPSA) is 3.24 Å². The van der Waals surface area contributed by atoms with Crippen molar-refractivity contribution in [3.8, 4) is 0 Å². The van der Waals surface area contributed by atoms with E-state index < -0.39 is 0 Å². The molecule has 17 heavy (non-hydrogen) atoms. The van der Waals surface area contributed by atoms with E-state index in [-0.39, 0.29) is 5.82 Å². The van der Waals surface area contributed by atoms with Gasteiger partial charge in [0.15, 0.2) is 0 Å². The highest BCUT2D eigenvalue weighted by Gasteiger charge is 2.24. The Bertz CT molecular complexity index is 399. The van der Waals surface area contributed by atoms with Gasteiger partial charge in [-0.25, -0.2) is 4.39 Å². The van der Waals surface area contributed by atoms with Crippen molar-refractivity contribution in [2.24, 2.45) is 5.92 Å². The quantitative estimate of drug-likeness (QED) is 0.742. The Morgan fingerprint density at radius 1 is 1.53 bits per heavy atom. The Kier molecular flexibility index (Phi) is 4.45. The maximum atomic E-state index is 12.9. The van der Waals surface area contributed by atoms with Crippen LogP contribution in [0.5, 0.6) is 0 Å². The molecule has 0 spiro atoms. The maximum absolute atomic E-state index is 12.9. The highest BCUT2D eigenvalue weighted by atomic mass is 79.9. The van der Waals surface area contributed by atoms with Gasteiger partial charge >= 0.3 is 0 Å². The molecule has 1 aliphatic rings. The molecule has 1 aromatic rings. The number of halogens is 3. The van der Waals surface area contributed by atoms with Gasteiger partial charge < -0.3 is 0 Å². The van der Waals surface area contributed by atoms with Crippen molar-refractivity contribution in [3.05, 3.63) is 34.6 Å². The molecule has 2 atom stereocenters. The van der Waals surface area contributed by atoms with Gasteiger partial charge in [0.1, 0.15) is 5.82 Å². The first kappa shape index (κ1) is 13.3. The SMILES string of the molecule is CC1CCN(Cc2ccc(F)cc2Cl)CC1Br. The first-order valence-corrected chi connectivity index (χ1v) is 7.16. The molecule has 0 aromatic heterocycles. The van der Waals surface area contributed by atoms with Crippen molar-refractivity contribution < 1.29 is 4.39 Å².